The second kappa shape index (κ2) is 11.2. The van der Waals surface area contributed by atoms with Crippen molar-refractivity contribution in [2.75, 3.05) is 26.7 Å². The third kappa shape index (κ3) is 5.56. The average Bonchev–Trinajstić information content (AvgIpc) is 2.91. The van der Waals surface area contributed by atoms with Crippen LogP contribution in [0.15, 0.2) is 59.1 Å². The molecule has 0 radical (unpaired) electrons. The molecular formula is C28H29BrN4O4. The lowest BCUT2D eigenvalue weighted by Gasteiger charge is -2.40. The Labute approximate surface area is 224 Å². The van der Waals surface area contributed by atoms with Crippen LogP contribution in [-0.2, 0) is 4.74 Å². The Hall–Kier alpha value is -3.59. The number of amides is 2. The van der Waals surface area contributed by atoms with Crippen LogP contribution in [0.4, 0.5) is 0 Å². The summed E-state index contributed by atoms with van der Waals surface area (Å²) in [6, 6.07) is 16.3. The highest BCUT2D eigenvalue weighted by molar-refractivity contribution is 9.10. The van der Waals surface area contributed by atoms with Gasteiger partial charge in [-0.3, -0.25) is 9.59 Å². The van der Waals surface area contributed by atoms with Crippen LogP contribution in [0.2, 0.25) is 0 Å². The molecule has 2 aromatic carbocycles. The van der Waals surface area contributed by atoms with Gasteiger partial charge in [-0.05, 0) is 37.1 Å². The summed E-state index contributed by atoms with van der Waals surface area (Å²) in [7, 11) is 1.28. The number of esters is 1. The van der Waals surface area contributed by atoms with Crippen molar-refractivity contribution in [3.63, 3.8) is 0 Å². The molecule has 3 aromatic rings. The molecule has 1 aromatic heterocycles. The quantitative estimate of drug-likeness (QED) is 0.413. The summed E-state index contributed by atoms with van der Waals surface area (Å²) in [6.45, 7) is 6.71. The zero-order chi connectivity index (χ0) is 26.7. The molecule has 192 valence electrons. The molecule has 1 unspecified atom stereocenters. The van der Waals surface area contributed by atoms with Crippen molar-refractivity contribution in [3.8, 4) is 11.4 Å². The molecule has 9 heteroatoms. The van der Waals surface area contributed by atoms with Crippen molar-refractivity contribution in [1.82, 2.24) is 19.8 Å². The minimum atomic E-state index is -0.649. The van der Waals surface area contributed by atoms with Crippen LogP contribution >= 0.6 is 15.9 Å². The van der Waals surface area contributed by atoms with E-state index >= 15 is 0 Å². The van der Waals surface area contributed by atoms with Gasteiger partial charge < -0.3 is 14.5 Å². The molecule has 1 aliphatic rings. The van der Waals surface area contributed by atoms with E-state index in [2.05, 4.69) is 25.9 Å². The van der Waals surface area contributed by atoms with Crippen LogP contribution in [0, 0.1) is 0 Å². The summed E-state index contributed by atoms with van der Waals surface area (Å²) in [5.74, 6) is -0.895. The van der Waals surface area contributed by atoms with E-state index < -0.39 is 5.97 Å². The first kappa shape index (κ1) is 26.5. The number of carbonyl (C=O) groups excluding carboxylic acids is 3. The van der Waals surface area contributed by atoms with Gasteiger partial charge in [-0.2, -0.15) is 0 Å². The molecule has 2 amide bonds. The molecule has 0 saturated carbocycles. The number of piperazine rings is 1. The first-order chi connectivity index (χ1) is 17.7. The molecule has 4 rings (SSSR count). The zero-order valence-corrected chi connectivity index (χ0v) is 22.9. The van der Waals surface area contributed by atoms with Gasteiger partial charge in [0.05, 0.1) is 12.8 Å². The van der Waals surface area contributed by atoms with E-state index in [4.69, 9.17) is 4.74 Å². The molecular weight excluding hydrogens is 536 g/mol. The lowest BCUT2D eigenvalue weighted by molar-refractivity contribution is 0.0408. The standard InChI is InChI=1S/C28H29BrN4O4/c1-17(2)23-22(28(36)37-4)24(31-25(30-23)19-8-6-5-7-9-19)27(35)32-14-15-33(18(3)16-32)26(34)20-10-12-21(29)13-11-20/h5-13,17-18H,14-16H2,1-4H3. The van der Waals surface area contributed by atoms with E-state index in [0.717, 1.165) is 10.0 Å². The van der Waals surface area contributed by atoms with Crippen LogP contribution in [0.3, 0.4) is 0 Å². The topological polar surface area (TPSA) is 92.7 Å². The van der Waals surface area contributed by atoms with Crippen LogP contribution in [-0.4, -0.2) is 70.3 Å². The average molecular weight is 565 g/mol. The van der Waals surface area contributed by atoms with Gasteiger partial charge in [-0.15, -0.1) is 0 Å². The summed E-state index contributed by atoms with van der Waals surface area (Å²) in [5.41, 5.74) is 1.90. The lowest BCUT2D eigenvalue weighted by Crippen LogP contribution is -2.55. The number of rotatable bonds is 5. The van der Waals surface area contributed by atoms with Crippen molar-refractivity contribution in [2.45, 2.75) is 32.7 Å². The molecule has 0 bridgehead atoms. The van der Waals surface area contributed by atoms with Gasteiger partial charge in [-0.1, -0.05) is 60.1 Å². The molecule has 1 fully saturated rings. The molecule has 0 aliphatic carbocycles. The monoisotopic (exact) mass is 564 g/mol. The molecule has 1 saturated heterocycles. The highest BCUT2D eigenvalue weighted by Crippen LogP contribution is 2.27. The predicted molar refractivity (Wildman–Crippen MR) is 143 cm³/mol. The fraction of sp³-hybridized carbons (Fsp3) is 0.321. The molecule has 1 aliphatic heterocycles. The SMILES string of the molecule is COC(=O)c1c(C(=O)N2CCN(C(=O)c3ccc(Br)cc3)C(C)C2)nc(-c2ccccc2)nc1C(C)C. The third-order valence-electron chi connectivity index (χ3n) is 6.37. The molecule has 37 heavy (non-hydrogen) atoms. The number of benzene rings is 2. The minimum absolute atomic E-state index is 0.0179. The van der Waals surface area contributed by atoms with E-state index in [1.807, 2.05) is 63.2 Å². The Balaban J connectivity index is 1.67. The van der Waals surface area contributed by atoms with E-state index in [-0.39, 0.29) is 35.0 Å². The van der Waals surface area contributed by atoms with Gasteiger partial charge in [-0.25, -0.2) is 14.8 Å². The number of aromatic nitrogens is 2. The van der Waals surface area contributed by atoms with E-state index in [1.165, 1.54) is 7.11 Å². The summed E-state index contributed by atoms with van der Waals surface area (Å²) in [4.78, 5) is 52.4. The second-order valence-electron chi connectivity index (χ2n) is 9.27. The minimum Gasteiger partial charge on any atom is -0.465 e. The molecule has 8 nitrogen and oxygen atoms in total. The molecule has 2 heterocycles. The normalized spacial score (nSPS) is 15.6. The Morgan fingerprint density at radius 1 is 0.973 bits per heavy atom. The van der Waals surface area contributed by atoms with E-state index in [1.54, 1.807) is 21.9 Å². The Morgan fingerprint density at radius 2 is 1.65 bits per heavy atom. The number of ether oxygens (including phenoxy) is 1. The fourth-order valence-corrected chi connectivity index (χ4v) is 4.69. The number of nitrogens with zero attached hydrogens (tertiary/aromatic N) is 4. The van der Waals surface area contributed by atoms with Gasteiger partial charge in [0.15, 0.2) is 5.82 Å². The number of hydrogen-bond acceptors (Lipinski definition) is 6. The largest absolute Gasteiger partial charge is 0.465 e. The molecule has 1 atom stereocenters. The number of hydrogen-bond donors (Lipinski definition) is 0. The maximum Gasteiger partial charge on any atom is 0.342 e. The van der Waals surface area contributed by atoms with Crippen LogP contribution in [0.25, 0.3) is 11.4 Å². The van der Waals surface area contributed by atoms with Gasteiger partial charge in [0.2, 0.25) is 0 Å². The van der Waals surface area contributed by atoms with Crippen molar-refractivity contribution in [2.24, 2.45) is 0 Å². The molecule has 0 spiro atoms. The second-order valence-corrected chi connectivity index (χ2v) is 10.2. The van der Waals surface area contributed by atoms with Crippen molar-refractivity contribution in [3.05, 3.63) is 81.6 Å². The lowest BCUT2D eigenvalue weighted by atomic mass is 10.00. The van der Waals surface area contributed by atoms with Crippen molar-refractivity contribution >= 4 is 33.7 Å². The van der Waals surface area contributed by atoms with Crippen LogP contribution in [0.1, 0.15) is 63.6 Å². The third-order valence-corrected chi connectivity index (χ3v) is 6.90. The first-order valence-electron chi connectivity index (χ1n) is 12.1. The van der Waals surface area contributed by atoms with Crippen molar-refractivity contribution in [1.29, 1.82) is 0 Å². The maximum absolute atomic E-state index is 13.8. The smallest absolute Gasteiger partial charge is 0.342 e. The summed E-state index contributed by atoms with van der Waals surface area (Å²) < 4.78 is 5.93. The van der Waals surface area contributed by atoms with Crippen LogP contribution < -0.4 is 0 Å². The summed E-state index contributed by atoms with van der Waals surface area (Å²) >= 11 is 3.39. The fourth-order valence-electron chi connectivity index (χ4n) is 4.42. The Bertz CT molecular complexity index is 1310. The number of carbonyl (C=O) groups is 3. The van der Waals surface area contributed by atoms with Crippen molar-refractivity contribution < 1.29 is 19.1 Å². The predicted octanol–water partition coefficient (Wildman–Crippen LogP) is 4.80. The number of methoxy groups -OCH3 is 1. The van der Waals surface area contributed by atoms with Gasteiger partial charge >= 0.3 is 5.97 Å². The number of halogens is 1. The highest BCUT2D eigenvalue weighted by Gasteiger charge is 2.35. The Kier molecular flexibility index (Phi) is 8.02. The maximum atomic E-state index is 13.8. The van der Waals surface area contributed by atoms with E-state index in [0.29, 0.717) is 36.7 Å². The Morgan fingerprint density at radius 3 is 2.24 bits per heavy atom. The van der Waals surface area contributed by atoms with E-state index in [9.17, 15) is 14.4 Å². The van der Waals surface area contributed by atoms with Gasteiger partial charge in [0.25, 0.3) is 11.8 Å². The first-order valence-corrected chi connectivity index (χ1v) is 12.9. The highest BCUT2D eigenvalue weighted by atomic mass is 79.9. The zero-order valence-electron chi connectivity index (χ0n) is 21.3. The summed E-state index contributed by atoms with van der Waals surface area (Å²) in [6.07, 6.45) is 0. The van der Waals surface area contributed by atoms with Gasteiger partial charge in [0.1, 0.15) is 11.3 Å². The molecule has 0 N–H and O–H groups in total. The van der Waals surface area contributed by atoms with Crippen LogP contribution in [0.5, 0.6) is 0 Å². The van der Waals surface area contributed by atoms with Gasteiger partial charge in [0, 0.05) is 41.3 Å². The summed E-state index contributed by atoms with van der Waals surface area (Å²) in [5, 5.41) is 0.